The lowest BCUT2D eigenvalue weighted by Gasteiger charge is -1.82. The van der Waals surface area contributed by atoms with Crippen LogP contribution >= 0.6 is 35.1 Å². The van der Waals surface area contributed by atoms with E-state index >= 15 is 0 Å². The predicted molar refractivity (Wildman–Crippen MR) is 63.8 cm³/mol. The van der Waals surface area contributed by atoms with Crippen LogP contribution in [0.4, 0.5) is 0 Å². The summed E-state index contributed by atoms with van der Waals surface area (Å²) in [7, 11) is -13.9. The van der Waals surface area contributed by atoms with E-state index in [0.717, 1.165) is 0 Å². The van der Waals surface area contributed by atoms with E-state index < -0.39 is 23.5 Å². The molecular formula is C3H16ClO12P3. The first-order valence-electron chi connectivity index (χ1n) is 3.72. The summed E-state index contributed by atoms with van der Waals surface area (Å²) in [5.41, 5.74) is 0. The maximum atomic E-state index is 8.88. The average molecular weight is 373 g/mol. The topological polar surface area (TPSA) is 233 Å². The first-order chi connectivity index (χ1) is 7.73. The van der Waals surface area contributed by atoms with Crippen molar-refractivity contribution in [2.45, 2.75) is 19.2 Å². The first kappa shape index (κ1) is 27.9. The SMILES string of the molecule is CC(C)Cl.O=P(O)(O)O.O=P(O)(O)O.O=P(O)(O)O. The van der Waals surface area contributed by atoms with Crippen molar-refractivity contribution in [2.75, 3.05) is 0 Å². The van der Waals surface area contributed by atoms with Gasteiger partial charge in [-0.1, -0.05) is 0 Å². The molecule has 0 aliphatic carbocycles. The van der Waals surface area contributed by atoms with Gasteiger partial charge in [-0.2, -0.15) is 0 Å². The monoisotopic (exact) mass is 372 g/mol. The standard InChI is InChI=1S/C3H7Cl.3H3O4P/c1-3(2)4;3*1-5(2,3)4/h3H,1-2H3;3*(H3,1,2,3,4). The number of hydrogen-bond acceptors (Lipinski definition) is 3. The van der Waals surface area contributed by atoms with Gasteiger partial charge in [0.25, 0.3) is 0 Å². The molecule has 0 unspecified atom stereocenters. The molecule has 0 saturated heterocycles. The van der Waals surface area contributed by atoms with Crippen molar-refractivity contribution in [3.8, 4) is 0 Å². The zero-order chi connectivity index (χ0) is 17.1. The molecule has 0 spiro atoms. The summed E-state index contributed by atoms with van der Waals surface area (Å²) in [6.07, 6.45) is 0. The van der Waals surface area contributed by atoms with Crippen molar-refractivity contribution in [3.63, 3.8) is 0 Å². The second kappa shape index (κ2) is 12.4. The third kappa shape index (κ3) is 13400. The van der Waals surface area contributed by atoms with Crippen LogP contribution in [0.1, 0.15) is 13.8 Å². The molecule has 0 aliphatic heterocycles. The molecule has 9 N–H and O–H groups in total. The zero-order valence-electron chi connectivity index (χ0n) is 9.55. The van der Waals surface area contributed by atoms with Crippen molar-refractivity contribution in [2.24, 2.45) is 0 Å². The molecule has 0 saturated carbocycles. The van der Waals surface area contributed by atoms with Gasteiger partial charge in [0.1, 0.15) is 0 Å². The minimum atomic E-state index is -4.64. The first-order valence-corrected chi connectivity index (χ1v) is 8.85. The van der Waals surface area contributed by atoms with Crippen LogP contribution in [0.2, 0.25) is 0 Å². The minimum absolute atomic E-state index is 0.306. The van der Waals surface area contributed by atoms with Crippen LogP contribution in [0.15, 0.2) is 0 Å². The van der Waals surface area contributed by atoms with Crippen LogP contribution in [-0.2, 0) is 13.7 Å². The molecule has 122 valence electrons. The number of alkyl halides is 1. The van der Waals surface area contributed by atoms with Crippen LogP contribution in [0, 0.1) is 0 Å². The fourth-order valence-electron chi connectivity index (χ4n) is 0. The van der Waals surface area contributed by atoms with E-state index in [1.807, 2.05) is 13.8 Å². The summed E-state index contributed by atoms with van der Waals surface area (Å²) in [6, 6.07) is 0. The van der Waals surface area contributed by atoms with E-state index in [0.29, 0.717) is 5.38 Å². The molecule has 0 rings (SSSR count). The number of hydrogen-bond donors (Lipinski definition) is 9. The molecule has 0 atom stereocenters. The van der Waals surface area contributed by atoms with E-state index in [9.17, 15) is 0 Å². The molecule has 19 heavy (non-hydrogen) atoms. The summed E-state index contributed by atoms with van der Waals surface area (Å²) in [4.78, 5) is 64.7. The van der Waals surface area contributed by atoms with Gasteiger partial charge in [-0.3, -0.25) is 0 Å². The Bertz CT molecular complexity index is 248. The smallest absolute Gasteiger partial charge is 0.303 e. The van der Waals surface area contributed by atoms with Gasteiger partial charge in [0, 0.05) is 5.38 Å². The molecule has 0 radical (unpaired) electrons. The van der Waals surface area contributed by atoms with Crippen molar-refractivity contribution >= 4 is 35.1 Å². The molecule has 0 aliphatic rings. The quantitative estimate of drug-likeness (QED) is 0.181. The van der Waals surface area contributed by atoms with E-state index in [4.69, 9.17) is 69.3 Å². The van der Waals surface area contributed by atoms with Crippen molar-refractivity contribution < 1.29 is 57.7 Å². The Morgan fingerprint density at radius 3 is 0.632 bits per heavy atom. The van der Waals surface area contributed by atoms with E-state index in [-0.39, 0.29) is 0 Å². The van der Waals surface area contributed by atoms with E-state index in [1.54, 1.807) is 0 Å². The van der Waals surface area contributed by atoms with Crippen molar-refractivity contribution in [1.82, 2.24) is 0 Å². The molecule has 0 aromatic carbocycles. The number of rotatable bonds is 0. The lowest BCUT2D eigenvalue weighted by atomic mass is 10.6. The van der Waals surface area contributed by atoms with Crippen LogP contribution < -0.4 is 0 Å². The minimum Gasteiger partial charge on any atom is -0.303 e. The summed E-state index contributed by atoms with van der Waals surface area (Å²) in [5, 5.41) is 0.306. The fourth-order valence-corrected chi connectivity index (χ4v) is 0. The Morgan fingerprint density at radius 2 is 0.632 bits per heavy atom. The second-order valence-electron chi connectivity index (χ2n) is 2.55. The number of halogens is 1. The Hall–Kier alpha value is 0.620. The highest BCUT2D eigenvalue weighted by molar-refractivity contribution is 7.45. The maximum absolute atomic E-state index is 8.88. The summed E-state index contributed by atoms with van der Waals surface area (Å²) >= 11 is 5.27. The molecular weight excluding hydrogens is 356 g/mol. The third-order valence-corrected chi connectivity index (χ3v) is 0. The van der Waals surface area contributed by atoms with Gasteiger partial charge in [-0.05, 0) is 13.8 Å². The van der Waals surface area contributed by atoms with Gasteiger partial charge in [0.2, 0.25) is 0 Å². The zero-order valence-corrected chi connectivity index (χ0v) is 13.0. The highest BCUT2D eigenvalue weighted by atomic mass is 35.5. The molecule has 0 amide bonds. The lowest BCUT2D eigenvalue weighted by molar-refractivity contribution is 0.272. The highest BCUT2D eigenvalue weighted by Gasteiger charge is 2.01. The molecule has 0 fully saturated rings. The van der Waals surface area contributed by atoms with Gasteiger partial charge in [0.05, 0.1) is 0 Å². The van der Waals surface area contributed by atoms with Crippen LogP contribution in [0.3, 0.4) is 0 Å². The Balaban J connectivity index is -0.0000000793. The third-order valence-electron chi connectivity index (χ3n) is 0. The van der Waals surface area contributed by atoms with Crippen LogP contribution in [0.5, 0.6) is 0 Å². The Morgan fingerprint density at radius 1 is 0.632 bits per heavy atom. The predicted octanol–water partition coefficient (Wildman–Crippen LogP) is -1.15. The fraction of sp³-hybridized carbons (Fsp3) is 1.00. The average Bonchev–Trinajstić information content (AvgIpc) is 1.66. The van der Waals surface area contributed by atoms with E-state index in [2.05, 4.69) is 0 Å². The maximum Gasteiger partial charge on any atom is 0.466 e. The van der Waals surface area contributed by atoms with Gasteiger partial charge in [-0.25, -0.2) is 13.7 Å². The van der Waals surface area contributed by atoms with Gasteiger partial charge in [-0.15, -0.1) is 11.6 Å². The van der Waals surface area contributed by atoms with Gasteiger partial charge < -0.3 is 44.0 Å². The van der Waals surface area contributed by atoms with Crippen molar-refractivity contribution in [3.05, 3.63) is 0 Å². The molecule has 0 heterocycles. The van der Waals surface area contributed by atoms with E-state index in [1.165, 1.54) is 0 Å². The summed E-state index contributed by atoms with van der Waals surface area (Å²) in [5.74, 6) is 0. The Kier molecular flexibility index (Phi) is 18.1. The lowest BCUT2D eigenvalue weighted by Crippen LogP contribution is -1.70. The molecule has 0 aromatic heterocycles. The highest BCUT2D eigenvalue weighted by Crippen LogP contribution is 2.26. The molecule has 0 bridgehead atoms. The van der Waals surface area contributed by atoms with Gasteiger partial charge in [0.15, 0.2) is 0 Å². The molecule has 0 aromatic rings. The van der Waals surface area contributed by atoms with Gasteiger partial charge >= 0.3 is 23.5 Å². The summed E-state index contributed by atoms with van der Waals surface area (Å²) < 4.78 is 26.6. The normalized spacial score (nSPS) is 11.2. The van der Waals surface area contributed by atoms with Crippen molar-refractivity contribution in [1.29, 1.82) is 0 Å². The number of phosphoric acid groups is 3. The second-order valence-corrected chi connectivity index (χ2v) is 6.51. The van der Waals surface area contributed by atoms with Crippen LogP contribution in [-0.4, -0.2) is 49.4 Å². The molecule has 16 heteroatoms. The van der Waals surface area contributed by atoms with Crippen LogP contribution in [0.25, 0.3) is 0 Å². The molecule has 12 nitrogen and oxygen atoms in total. The largest absolute Gasteiger partial charge is 0.466 e. The Labute approximate surface area is 113 Å². The summed E-state index contributed by atoms with van der Waals surface area (Å²) in [6.45, 7) is 3.86.